The Bertz CT molecular complexity index is 876. The first kappa shape index (κ1) is 17.5. The number of fused-ring (bicyclic) bond motifs is 1. The minimum Gasteiger partial charge on any atom is -0.341 e. The fraction of sp³-hybridized carbons (Fsp3) is 0.533. The van der Waals surface area contributed by atoms with Crippen LogP contribution < -0.4 is 5.56 Å². The van der Waals surface area contributed by atoms with Crippen LogP contribution in [0.15, 0.2) is 16.0 Å². The van der Waals surface area contributed by atoms with Gasteiger partial charge in [0, 0.05) is 38.8 Å². The molecule has 1 aliphatic heterocycles. The minimum absolute atomic E-state index is 0.00387. The number of nitrogens with one attached hydrogen (secondary N) is 1. The first-order valence-corrected chi connectivity index (χ1v) is 8.94. The SMILES string of the molecule is CC(=O)N(C)[C@H]1CCN(C(=O)CSc2nc3nc(C)cc(=O)n3[nH]2)C1. The van der Waals surface area contributed by atoms with E-state index in [4.69, 9.17) is 0 Å². The van der Waals surface area contributed by atoms with Gasteiger partial charge in [0.1, 0.15) is 0 Å². The Morgan fingerprint density at radius 1 is 1.44 bits per heavy atom. The lowest BCUT2D eigenvalue weighted by Gasteiger charge is -2.23. The molecule has 3 heterocycles. The summed E-state index contributed by atoms with van der Waals surface area (Å²) in [7, 11) is 1.76. The van der Waals surface area contributed by atoms with E-state index < -0.39 is 0 Å². The first-order valence-electron chi connectivity index (χ1n) is 7.95. The molecule has 0 radical (unpaired) electrons. The Labute approximate surface area is 148 Å². The van der Waals surface area contributed by atoms with Crippen molar-refractivity contribution in [1.82, 2.24) is 29.4 Å². The number of thioether (sulfide) groups is 1. The summed E-state index contributed by atoms with van der Waals surface area (Å²) in [6.07, 6.45) is 0.787. The fourth-order valence-electron chi connectivity index (χ4n) is 2.80. The van der Waals surface area contributed by atoms with Crippen molar-refractivity contribution in [3.8, 4) is 0 Å². The molecule has 0 aliphatic carbocycles. The summed E-state index contributed by atoms with van der Waals surface area (Å²) in [5.41, 5.74) is 0.365. The molecule has 0 saturated carbocycles. The summed E-state index contributed by atoms with van der Waals surface area (Å²) in [5.74, 6) is 0.499. The van der Waals surface area contributed by atoms with Crippen molar-refractivity contribution in [1.29, 1.82) is 0 Å². The van der Waals surface area contributed by atoms with E-state index in [1.54, 1.807) is 23.8 Å². The van der Waals surface area contributed by atoms with Crippen molar-refractivity contribution in [2.45, 2.75) is 31.5 Å². The molecule has 1 saturated heterocycles. The maximum Gasteiger partial charge on any atom is 0.274 e. The highest BCUT2D eigenvalue weighted by atomic mass is 32.2. The third kappa shape index (κ3) is 3.68. The predicted octanol–water partition coefficient (Wildman–Crippen LogP) is -0.103. The average Bonchev–Trinajstić information content (AvgIpc) is 3.18. The summed E-state index contributed by atoms with van der Waals surface area (Å²) >= 11 is 1.23. The molecule has 25 heavy (non-hydrogen) atoms. The van der Waals surface area contributed by atoms with E-state index in [1.165, 1.54) is 29.3 Å². The second-order valence-electron chi connectivity index (χ2n) is 6.10. The number of aromatic nitrogens is 4. The molecule has 2 amide bonds. The third-order valence-electron chi connectivity index (χ3n) is 4.33. The van der Waals surface area contributed by atoms with E-state index >= 15 is 0 Å². The van der Waals surface area contributed by atoms with Crippen LogP contribution in [0.25, 0.3) is 5.78 Å². The van der Waals surface area contributed by atoms with Gasteiger partial charge in [-0.15, -0.1) is 0 Å². The first-order chi connectivity index (χ1) is 11.8. The van der Waals surface area contributed by atoms with Crippen LogP contribution in [0.2, 0.25) is 0 Å². The third-order valence-corrected chi connectivity index (χ3v) is 5.18. The smallest absolute Gasteiger partial charge is 0.274 e. The highest BCUT2D eigenvalue weighted by Gasteiger charge is 2.29. The lowest BCUT2D eigenvalue weighted by atomic mass is 10.2. The van der Waals surface area contributed by atoms with Crippen molar-refractivity contribution in [3.63, 3.8) is 0 Å². The number of H-pyrrole nitrogens is 1. The number of carbonyl (C=O) groups excluding carboxylic acids is 2. The number of aromatic amines is 1. The van der Waals surface area contributed by atoms with E-state index in [-0.39, 0.29) is 29.2 Å². The number of hydrogen-bond donors (Lipinski definition) is 1. The van der Waals surface area contributed by atoms with Gasteiger partial charge >= 0.3 is 0 Å². The molecule has 1 atom stereocenters. The van der Waals surface area contributed by atoms with Gasteiger partial charge in [-0.2, -0.15) is 9.50 Å². The van der Waals surface area contributed by atoms with Crippen LogP contribution in [0.3, 0.4) is 0 Å². The summed E-state index contributed by atoms with van der Waals surface area (Å²) in [6, 6.07) is 1.49. The molecular formula is C15H20N6O3S. The van der Waals surface area contributed by atoms with Gasteiger partial charge in [-0.1, -0.05) is 11.8 Å². The molecule has 1 fully saturated rings. The Morgan fingerprint density at radius 3 is 2.92 bits per heavy atom. The molecule has 0 bridgehead atoms. The van der Waals surface area contributed by atoms with Crippen molar-refractivity contribution in [3.05, 3.63) is 22.1 Å². The molecule has 2 aromatic heterocycles. The molecule has 2 aromatic rings. The van der Waals surface area contributed by atoms with Gasteiger partial charge in [-0.05, 0) is 13.3 Å². The van der Waals surface area contributed by atoms with Crippen LogP contribution in [-0.2, 0) is 9.59 Å². The number of likely N-dealkylation sites (tertiary alicyclic amines) is 1. The van der Waals surface area contributed by atoms with E-state index in [1.807, 2.05) is 0 Å². The molecular weight excluding hydrogens is 344 g/mol. The van der Waals surface area contributed by atoms with Crippen molar-refractivity contribution < 1.29 is 9.59 Å². The van der Waals surface area contributed by atoms with Crippen LogP contribution in [0.1, 0.15) is 19.0 Å². The number of aryl methyl sites for hydroxylation is 1. The zero-order valence-corrected chi connectivity index (χ0v) is 15.2. The highest BCUT2D eigenvalue weighted by molar-refractivity contribution is 7.99. The van der Waals surface area contributed by atoms with E-state index in [0.717, 1.165) is 6.42 Å². The van der Waals surface area contributed by atoms with Crippen LogP contribution in [0.4, 0.5) is 0 Å². The molecule has 9 nitrogen and oxygen atoms in total. The normalized spacial score (nSPS) is 17.2. The average molecular weight is 364 g/mol. The van der Waals surface area contributed by atoms with E-state index in [9.17, 15) is 14.4 Å². The number of hydrogen-bond acceptors (Lipinski definition) is 6. The second-order valence-corrected chi connectivity index (χ2v) is 7.06. The van der Waals surface area contributed by atoms with Crippen LogP contribution in [0.5, 0.6) is 0 Å². The van der Waals surface area contributed by atoms with Gasteiger partial charge in [0.2, 0.25) is 11.8 Å². The maximum absolute atomic E-state index is 12.4. The van der Waals surface area contributed by atoms with Gasteiger partial charge in [0.05, 0.1) is 11.8 Å². The summed E-state index contributed by atoms with van der Waals surface area (Å²) in [6.45, 7) is 4.45. The Morgan fingerprint density at radius 2 is 2.20 bits per heavy atom. The number of likely N-dealkylation sites (N-methyl/N-ethyl adjacent to an activating group) is 1. The molecule has 3 rings (SSSR count). The highest BCUT2D eigenvalue weighted by Crippen LogP contribution is 2.18. The topological polar surface area (TPSA) is 104 Å². The molecule has 0 aromatic carbocycles. The second kappa shape index (κ2) is 6.87. The van der Waals surface area contributed by atoms with Crippen LogP contribution in [0, 0.1) is 6.92 Å². The quantitative estimate of drug-likeness (QED) is 0.760. The number of nitrogens with zero attached hydrogens (tertiary/aromatic N) is 5. The van der Waals surface area contributed by atoms with Crippen molar-refractivity contribution >= 4 is 29.4 Å². The zero-order valence-electron chi connectivity index (χ0n) is 14.4. The summed E-state index contributed by atoms with van der Waals surface area (Å²) in [5, 5.41) is 3.32. The fourth-order valence-corrected chi connectivity index (χ4v) is 3.55. The Balaban J connectivity index is 1.61. The van der Waals surface area contributed by atoms with Gasteiger partial charge in [-0.25, -0.2) is 4.98 Å². The van der Waals surface area contributed by atoms with Crippen molar-refractivity contribution in [2.24, 2.45) is 0 Å². The largest absolute Gasteiger partial charge is 0.341 e. The van der Waals surface area contributed by atoms with Crippen LogP contribution in [-0.4, -0.2) is 73.1 Å². The molecule has 1 aliphatic rings. The number of carbonyl (C=O) groups is 2. The number of rotatable bonds is 4. The van der Waals surface area contributed by atoms with Gasteiger partial charge in [0.25, 0.3) is 11.3 Å². The predicted molar refractivity (Wildman–Crippen MR) is 92.5 cm³/mol. The summed E-state index contributed by atoms with van der Waals surface area (Å²) in [4.78, 5) is 47.5. The molecule has 134 valence electrons. The van der Waals surface area contributed by atoms with Crippen LogP contribution >= 0.6 is 11.8 Å². The molecule has 1 N–H and O–H groups in total. The van der Waals surface area contributed by atoms with Gasteiger partial charge in [-0.3, -0.25) is 19.5 Å². The van der Waals surface area contributed by atoms with E-state index in [2.05, 4.69) is 15.1 Å². The Hall–Kier alpha value is -2.36. The lowest BCUT2D eigenvalue weighted by Crippen LogP contribution is -2.39. The molecule has 0 unspecified atom stereocenters. The molecule has 10 heteroatoms. The Kier molecular flexibility index (Phi) is 4.80. The lowest BCUT2D eigenvalue weighted by molar-refractivity contribution is -0.131. The molecule has 0 spiro atoms. The van der Waals surface area contributed by atoms with E-state index in [0.29, 0.717) is 29.7 Å². The number of amides is 2. The monoisotopic (exact) mass is 364 g/mol. The maximum atomic E-state index is 12.4. The minimum atomic E-state index is -0.233. The van der Waals surface area contributed by atoms with Gasteiger partial charge < -0.3 is 9.80 Å². The zero-order chi connectivity index (χ0) is 18.1. The van der Waals surface area contributed by atoms with Crippen molar-refractivity contribution in [2.75, 3.05) is 25.9 Å². The standard InChI is InChI=1S/C15H20N6O3S/c1-9-6-12(23)21-14(16-9)17-15(18-21)25-8-13(24)20-5-4-11(7-20)19(3)10(2)22/h6,11H,4-5,7-8H2,1-3H3,(H,16,17,18)/t11-/m0/s1. The van der Waals surface area contributed by atoms with Gasteiger partial charge in [0.15, 0.2) is 5.16 Å². The summed E-state index contributed by atoms with van der Waals surface area (Å²) < 4.78 is 1.26.